The van der Waals surface area contributed by atoms with Crippen LogP contribution in [-0.4, -0.2) is 38.7 Å². The monoisotopic (exact) mass is 327 g/mol. The zero-order valence-corrected chi connectivity index (χ0v) is 15.0. The average Bonchev–Trinajstić information content (AvgIpc) is 2.95. The standard InChI is InChI=1S/C18H25N5O/c1-11-7-6-8-19-15(11)10-20-14-9-16(24)22(4)18(14)17-12(2)21-23(5)13(17)3/h6-8,14,18,20H,9-10H2,1-5H3/t14-,18-/m1/s1. The fourth-order valence-corrected chi connectivity index (χ4v) is 3.60. The first kappa shape index (κ1) is 16.6. The number of carbonyl (C=O) groups excluding carboxylic acids is 1. The molecule has 1 N–H and O–H groups in total. The molecule has 24 heavy (non-hydrogen) atoms. The molecule has 3 rings (SSSR count). The molecule has 0 spiro atoms. The summed E-state index contributed by atoms with van der Waals surface area (Å²) in [5.74, 6) is 0.165. The number of carbonyl (C=O) groups is 1. The number of hydrogen-bond donors (Lipinski definition) is 1. The highest BCUT2D eigenvalue weighted by Gasteiger charge is 2.40. The van der Waals surface area contributed by atoms with Crippen molar-refractivity contribution in [3.05, 3.63) is 46.5 Å². The van der Waals surface area contributed by atoms with Gasteiger partial charge in [-0.05, 0) is 32.4 Å². The van der Waals surface area contributed by atoms with E-state index >= 15 is 0 Å². The third-order valence-electron chi connectivity index (χ3n) is 5.10. The van der Waals surface area contributed by atoms with Crippen LogP contribution >= 0.6 is 0 Å². The van der Waals surface area contributed by atoms with Crippen molar-refractivity contribution >= 4 is 5.91 Å². The molecule has 2 aromatic heterocycles. The van der Waals surface area contributed by atoms with Crippen LogP contribution < -0.4 is 5.32 Å². The van der Waals surface area contributed by atoms with Gasteiger partial charge in [0.05, 0.1) is 17.4 Å². The van der Waals surface area contributed by atoms with Crippen LogP contribution in [0.2, 0.25) is 0 Å². The molecule has 0 saturated carbocycles. The van der Waals surface area contributed by atoms with E-state index in [9.17, 15) is 4.79 Å². The van der Waals surface area contributed by atoms with E-state index in [0.717, 1.165) is 28.2 Å². The Bertz CT molecular complexity index is 767. The topological polar surface area (TPSA) is 63.1 Å². The highest BCUT2D eigenvalue weighted by Crippen LogP contribution is 2.35. The van der Waals surface area contributed by atoms with Crippen molar-refractivity contribution in [1.82, 2.24) is 25.0 Å². The van der Waals surface area contributed by atoms with Crippen molar-refractivity contribution in [1.29, 1.82) is 0 Å². The van der Waals surface area contributed by atoms with Gasteiger partial charge < -0.3 is 10.2 Å². The number of aryl methyl sites for hydroxylation is 3. The minimum atomic E-state index is 0.00946. The fourth-order valence-electron chi connectivity index (χ4n) is 3.60. The minimum Gasteiger partial charge on any atom is -0.337 e. The molecule has 128 valence electrons. The second-order valence-corrected chi connectivity index (χ2v) is 6.62. The van der Waals surface area contributed by atoms with Crippen molar-refractivity contribution in [2.45, 2.75) is 45.8 Å². The van der Waals surface area contributed by atoms with Gasteiger partial charge in [-0.3, -0.25) is 14.5 Å². The summed E-state index contributed by atoms with van der Waals surface area (Å²) in [5.41, 5.74) is 5.44. The quantitative estimate of drug-likeness (QED) is 0.930. The predicted octanol–water partition coefficient (Wildman–Crippen LogP) is 1.80. The summed E-state index contributed by atoms with van der Waals surface area (Å²) in [6.07, 6.45) is 2.31. The number of pyridine rings is 1. The lowest BCUT2D eigenvalue weighted by atomic mass is 9.98. The Labute approximate surface area is 142 Å². The molecule has 1 saturated heterocycles. The van der Waals surface area contributed by atoms with Crippen molar-refractivity contribution in [3.8, 4) is 0 Å². The Morgan fingerprint density at radius 2 is 2.04 bits per heavy atom. The van der Waals surface area contributed by atoms with Crippen LogP contribution in [0.5, 0.6) is 0 Å². The summed E-state index contributed by atoms with van der Waals surface area (Å²) >= 11 is 0. The van der Waals surface area contributed by atoms with Crippen LogP contribution in [-0.2, 0) is 18.4 Å². The summed E-state index contributed by atoms with van der Waals surface area (Å²) in [4.78, 5) is 18.6. The van der Waals surface area contributed by atoms with E-state index in [-0.39, 0.29) is 18.0 Å². The first-order chi connectivity index (χ1) is 11.4. The number of likely N-dealkylation sites (tertiary alicyclic amines) is 1. The van der Waals surface area contributed by atoms with Gasteiger partial charge in [-0.2, -0.15) is 5.10 Å². The highest BCUT2D eigenvalue weighted by molar-refractivity contribution is 5.80. The fraction of sp³-hybridized carbons (Fsp3) is 0.500. The van der Waals surface area contributed by atoms with Crippen LogP contribution in [0.1, 0.15) is 40.7 Å². The average molecular weight is 327 g/mol. The van der Waals surface area contributed by atoms with Gasteiger partial charge in [0, 0.05) is 50.6 Å². The van der Waals surface area contributed by atoms with Crippen LogP contribution in [0.15, 0.2) is 18.3 Å². The van der Waals surface area contributed by atoms with E-state index in [0.29, 0.717) is 13.0 Å². The van der Waals surface area contributed by atoms with E-state index in [2.05, 4.69) is 35.3 Å². The van der Waals surface area contributed by atoms with Gasteiger partial charge in [-0.1, -0.05) is 6.07 Å². The first-order valence-corrected chi connectivity index (χ1v) is 8.29. The molecular formula is C18H25N5O. The molecular weight excluding hydrogens is 302 g/mol. The largest absolute Gasteiger partial charge is 0.337 e. The van der Waals surface area contributed by atoms with Crippen LogP contribution in [0.3, 0.4) is 0 Å². The summed E-state index contributed by atoms with van der Waals surface area (Å²) in [7, 11) is 3.83. The molecule has 0 unspecified atom stereocenters. The maximum absolute atomic E-state index is 12.3. The molecule has 1 fully saturated rings. The van der Waals surface area contributed by atoms with Crippen LogP contribution in [0.4, 0.5) is 0 Å². The number of hydrogen-bond acceptors (Lipinski definition) is 4. The lowest BCUT2D eigenvalue weighted by Crippen LogP contribution is -2.35. The third kappa shape index (κ3) is 2.82. The molecule has 0 radical (unpaired) electrons. The molecule has 0 aromatic carbocycles. The van der Waals surface area contributed by atoms with E-state index in [1.54, 1.807) is 0 Å². The van der Waals surface area contributed by atoms with Gasteiger partial charge in [-0.15, -0.1) is 0 Å². The van der Waals surface area contributed by atoms with Crippen LogP contribution in [0, 0.1) is 20.8 Å². The number of aromatic nitrogens is 3. The van der Waals surface area contributed by atoms with E-state index in [4.69, 9.17) is 0 Å². The molecule has 2 aromatic rings. The van der Waals surface area contributed by atoms with Gasteiger partial charge >= 0.3 is 0 Å². The molecule has 1 amide bonds. The maximum atomic E-state index is 12.3. The molecule has 0 bridgehead atoms. The molecule has 1 aliphatic heterocycles. The number of likely N-dealkylation sites (N-methyl/N-ethyl adjacent to an activating group) is 1. The molecule has 6 heteroatoms. The summed E-state index contributed by atoms with van der Waals surface area (Å²) < 4.78 is 1.89. The normalized spacial score (nSPS) is 20.9. The van der Waals surface area contributed by atoms with Gasteiger partial charge in [0.1, 0.15) is 0 Å². The second-order valence-electron chi connectivity index (χ2n) is 6.62. The van der Waals surface area contributed by atoms with Gasteiger partial charge in [-0.25, -0.2) is 0 Å². The Balaban J connectivity index is 1.86. The van der Waals surface area contributed by atoms with Gasteiger partial charge in [0.15, 0.2) is 0 Å². The smallest absolute Gasteiger partial charge is 0.224 e. The van der Waals surface area contributed by atoms with E-state index in [1.807, 2.05) is 42.9 Å². The summed E-state index contributed by atoms with van der Waals surface area (Å²) in [6, 6.07) is 4.07. The summed E-state index contributed by atoms with van der Waals surface area (Å²) in [6.45, 7) is 6.79. The van der Waals surface area contributed by atoms with E-state index < -0.39 is 0 Å². The third-order valence-corrected chi connectivity index (χ3v) is 5.10. The Morgan fingerprint density at radius 3 is 2.67 bits per heavy atom. The molecule has 2 atom stereocenters. The number of amides is 1. The molecule has 6 nitrogen and oxygen atoms in total. The second kappa shape index (κ2) is 6.36. The first-order valence-electron chi connectivity index (χ1n) is 8.29. The number of nitrogens with zero attached hydrogens (tertiary/aromatic N) is 4. The zero-order chi connectivity index (χ0) is 17.4. The molecule has 0 aliphatic carbocycles. The molecule has 1 aliphatic rings. The van der Waals surface area contributed by atoms with Gasteiger partial charge in [0.25, 0.3) is 0 Å². The number of rotatable bonds is 4. The van der Waals surface area contributed by atoms with Crippen molar-refractivity contribution in [2.75, 3.05) is 7.05 Å². The predicted molar refractivity (Wildman–Crippen MR) is 92.4 cm³/mol. The van der Waals surface area contributed by atoms with E-state index in [1.165, 1.54) is 0 Å². The summed E-state index contributed by atoms with van der Waals surface area (Å²) in [5, 5.41) is 8.07. The lowest BCUT2D eigenvalue weighted by Gasteiger charge is -2.26. The lowest BCUT2D eigenvalue weighted by molar-refractivity contribution is -0.127. The minimum absolute atomic E-state index is 0.00946. The van der Waals surface area contributed by atoms with Crippen LogP contribution in [0.25, 0.3) is 0 Å². The zero-order valence-electron chi connectivity index (χ0n) is 15.0. The Morgan fingerprint density at radius 1 is 1.29 bits per heavy atom. The SMILES string of the molecule is Cc1cccnc1CN[C@@H]1CC(=O)N(C)[C@H]1c1c(C)nn(C)c1C. The Kier molecular flexibility index (Phi) is 4.41. The number of nitrogens with one attached hydrogen (secondary N) is 1. The Hall–Kier alpha value is -2.21. The van der Waals surface area contributed by atoms with Gasteiger partial charge in [0.2, 0.25) is 5.91 Å². The molecule has 3 heterocycles. The van der Waals surface area contributed by atoms with Crippen molar-refractivity contribution in [3.63, 3.8) is 0 Å². The maximum Gasteiger partial charge on any atom is 0.224 e. The van der Waals surface area contributed by atoms with Crippen molar-refractivity contribution in [2.24, 2.45) is 7.05 Å². The van der Waals surface area contributed by atoms with Crippen molar-refractivity contribution < 1.29 is 4.79 Å². The highest BCUT2D eigenvalue weighted by atomic mass is 16.2.